The van der Waals surface area contributed by atoms with E-state index < -0.39 is 0 Å². The molecule has 0 N–H and O–H groups in total. The second-order valence-electron chi connectivity index (χ2n) is 4.35. The van der Waals surface area contributed by atoms with Crippen LogP contribution in [0.25, 0.3) is 0 Å². The standard InChI is InChI=1S/C16H16O/c1-3-5-13(4-2)16(17)9-7-12-6-8-14-11-15(14)10-12/h3-10,14-15H,1-2,11H2/b9-7+,13-5+. The molecule has 86 valence electrons. The summed E-state index contributed by atoms with van der Waals surface area (Å²) < 4.78 is 0. The maximum Gasteiger partial charge on any atom is 0.185 e. The van der Waals surface area contributed by atoms with Crippen LogP contribution in [0, 0.1) is 11.8 Å². The third-order valence-corrected chi connectivity index (χ3v) is 3.06. The Kier molecular flexibility index (Phi) is 3.38. The van der Waals surface area contributed by atoms with Crippen molar-refractivity contribution in [1.29, 1.82) is 0 Å². The van der Waals surface area contributed by atoms with E-state index in [0.717, 1.165) is 11.5 Å². The maximum atomic E-state index is 11.8. The maximum absolute atomic E-state index is 11.8. The second kappa shape index (κ2) is 4.96. The number of carbonyl (C=O) groups excluding carboxylic acids is 1. The molecule has 0 aromatic rings. The van der Waals surface area contributed by atoms with Crippen molar-refractivity contribution in [3.05, 3.63) is 72.9 Å². The largest absolute Gasteiger partial charge is 0.289 e. The van der Waals surface area contributed by atoms with Gasteiger partial charge in [-0.15, -0.1) is 0 Å². The first kappa shape index (κ1) is 11.6. The van der Waals surface area contributed by atoms with Gasteiger partial charge in [0.1, 0.15) is 0 Å². The smallest absolute Gasteiger partial charge is 0.185 e. The number of carbonyl (C=O) groups is 1. The molecule has 1 nitrogen and oxygen atoms in total. The van der Waals surface area contributed by atoms with Gasteiger partial charge in [-0.1, -0.05) is 55.7 Å². The predicted octanol–water partition coefficient (Wildman–Crippen LogP) is 3.54. The van der Waals surface area contributed by atoms with E-state index >= 15 is 0 Å². The SMILES string of the molecule is C=C/C=C(\C=C)C(=O)/C=C/C1=CC2CC2C=C1. The molecule has 1 fully saturated rings. The fraction of sp³-hybridized carbons (Fsp3) is 0.188. The molecule has 0 radical (unpaired) electrons. The highest BCUT2D eigenvalue weighted by molar-refractivity contribution is 6.06. The molecule has 0 saturated heterocycles. The zero-order chi connectivity index (χ0) is 12.3. The van der Waals surface area contributed by atoms with Crippen molar-refractivity contribution in [1.82, 2.24) is 0 Å². The molecule has 17 heavy (non-hydrogen) atoms. The van der Waals surface area contributed by atoms with Crippen molar-refractivity contribution in [2.24, 2.45) is 11.8 Å². The fourth-order valence-electron chi connectivity index (χ4n) is 1.94. The highest BCUT2D eigenvalue weighted by atomic mass is 16.1. The Bertz CT molecular complexity index is 472. The van der Waals surface area contributed by atoms with Gasteiger partial charge in [-0.2, -0.15) is 0 Å². The van der Waals surface area contributed by atoms with E-state index in [1.165, 1.54) is 6.42 Å². The van der Waals surface area contributed by atoms with E-state index in [-0.39, 0.29) is 5.78 Å². The molecule has 0 aromatic carbocycles. The first-order chi connectivity index (χ1) is 8.24. The van der Waals surface area contributed by atoms with Crippen LogP contribution in [-0.2, 0) is 4.79 Å². The van der Waals surface area contributed by atoms with Crippen molar-refractivity contribution in [3.8, 4) is 0 Å². The van der Waals surface area contributed by atoms with Crippen LogP contribution in [0.4, 0.5) is 0 Å². The molecule has 2 atom stereocenters. The molecule has 0 bridgehead atoms. The molecular weight excluding hydrogens is 208 g/mol. The second-order valence-corrected chi connectivity index (χ2v) is 4.35. The van der Waals surface area contributed by atoms with Gasteiger partial charge in [0.25, 0.3) is 0 Å². The first-order valence-electron chi connectivity index (χ1n) is 5.82. The molecule has 1 heteroatoms. The topological polar surface area (TPSA) is 17.1 Å². The van der Waals surface area contributed by atoms with E-state index in [0.29, 0.717) is 11.5 Å². The summed E-state index contributed by atoms with van der Waals surface area (Å²) in [6.45, 7) is 7.19. The van der Waals surface area contributed by atoms with Crippen molar-refractivity contribution in [2.45, 2.75) is 6.42 Å². The zero-order valence-corrected chi connectivity index (χ0v) is 9.80. The van der Waals surface area contributed by atoms with Crippen LogP contribution in [0.3, 0.4) is 0 Å². The number of allylic oxidation sites excluding steroid dienone is 10. The van der Waals surface area contributed by atoms with Crippen LogP contribution in [0.1, 0.15) is 6.42 Å². The van der Waals surface area contributed by atoms with Crippen LogP contribution in [0.5, 0.6) is 0 Å². The average molecular weight is 224 g/mol. The summed E-state index contributed by atoms with van der Waals surface area (Å²) in [5, 5.41) is 0. The molecule has 2 aliphatic carbocycles. The number of rotatable bonds is 5. The van der Waals surface area contributed by atoms with E-state index in [1.807, 2.05) is 6.08 Å². The van der Waals surface area contributed by atoms with E-state index in [2.05, 4.69) is 31.4 Å². The summed E-state index contributed by atoms with van der Waals surface area (Å²) >= 11 is 0. The van der Waals surface area contributed by atoms with Gasteiger partial charge < -0.3 is 0 Å². The Morgan fingerprint density at radius 3 is 2.82 bits per heavy atom. The molecule has 0 amide bonds. The molecule has 0 aliphatic heterocycles. The van der Waals surface area contributed by atoms with Crippen molar-refractivity contribution >= 4 is 5.78 Å². The average Bonchev–Trinajstić information content (AvgIpc) is 3.11. The van der Waals surface area contributed by atoms with Crippen LogP contribution in [0.2, 0.25) is 0 Å². The van der Waals surface area contributed by atoms with Gasteiger partial charge in [-0.3, -0.25) is 4.79 Å². The van der Waals surface area contributed by atoms with Gasteiger partial charge in [-0.25, -0.2) is 0 Å². The predicted molar refractivity (Wildman–Crippen MR) is 71.4 cm³/mol. The van der Waals surface area contributed by atoms with Crippen LogP contribution >= 0.6 is 0 Å². The Labute approximate surface area is 102 Å². The Morgan fingerprint density at radius 1 is 1.35 bits per heavy atom. The summed E-state index contributed by atoms with van der Waals surface area (Å²) in [4.78, 5) is 11.8. The molecule has 2 aliphatic rings. The third kappa shape index (κ3) is 2.82. The zero-order valence-electron chi connectivity index (χ0n) is 9.80. The van der Waals surface area contributed by atoms with E-state index in [4.69, 9.17) is 0 Å². The lowest BCUT2D eigenvalue weighted by Gasteiger charge is -2.00. The van der Waals surface area contributed by atoms with Crippen molar-refractivity contribution in [3.63, 3.8) is 0 Å². The van der Waals surface area contributed by atoms with Gasteiger partial charge in [-0.05, 0) is 29.9 Å². The molecule has 2 unspecified atom stereocenters. The molecular formula is C16H16O. The normalized spacial score (nSPS) is 26.4. The van der Waals surface area contributed by atoms with Crippen LogP contribution in [0.15, 0.2) is 72.9 Å². The van der Waals surface area contributed by atoms with Gasteiger partial charge in [0, 0.05) is 5.57 Å². The highest BCUT2D eigenvalue weighted by Crippen LogP contribution is 2.44. The lowest BCUT2D eigenvalue weighted by Crippen LogP contribution is -1.95. The minimum absolute atomic E-state index is 0.0351. The number of fused-ring (bicyclic) bond motifs is 1. The first-order valence-corrected chi connectivity index (χ1v) is 5.82. The molecule has 0 aromatic heterocycles. The van der Waals surface area contributed by atoms with Gasteiger partial charge in [0.05, 0.1) is 0 Å². The monoisotopic (exact) mass is 224 g/mol. The van der Waals surface area contributed by atoms with Crippen molar-refractivity contribution in [2.75, 3.05) is 0 Å². The molecule has 0 heterocycles. The fourth-order valence-corrected chi connectivity index (χ4v) is 1.94. The summed E-state index contributed by atoms with van der Waals surface area (Å²) in [5.41, 5.74) is 1.69. The Hall–Kier alpha value is -1.89. The highest BCUT2D eigenvalue weighted by Gasteiger charge is 2.34. The summed E-state index contributed by atoms with van der Waals surface area (Å²) in [6, 6.07) is 0. The minimum atomic E-state index is -0.0351. The molecule has 1 saturated carbocycles. The van der Waals surface area contributed by atoms with Crippen molar-refractivity contribution < 1.29 is 4.79 Å². The van der Waals surface area contributed by atoms with Gasteiger partial charge in [0.15, 0.2) is 5.78 Å². The Balaban J connectivity index is 2.03. The Morgan fingerprint density at radius 2 is 2.18 bits per heavy atom. The molecule has 0 spiro atoms. The number of ketones is 1. The summed E-state index contributed by atoms with van der Waals surface area (Å²) in [5.74, 6) is 1.43. The lowest BCUT2D eigenvalue weighted by atomic mass is 10.0. The quantitative estimate of drug-likeness (QED) is 0.515. The van der Waals surface area contributed by atoms with Gasteiger partial charge >= 0.3 is 0 Å². The van der Waals surface area contributed by atoms with E-state index in [9.17, 15) is 4.79 Å². The van der Waals surface area contributed by atoms with Crippen LogP contribution < -0.4 is 0 Å². The molecule has 2 rings (SSSR count). The lowest BCUT2D eigenvalue weighted by molar-refractivity contribution is -0.111. The summed E-state index contributed by atoms with van der Waals surface area (Å²) in [6.07, 6.45) is 16.1. The van der Waals surface area contributed by atoms with E-state index in [1.54, 1.807) is 24.3 Å². The summed E-state index contributed by atoms with van der Waals surface area (Å²) in [7, 11) is 0. The number of hydrogen-bond acceptors (Lipinski definition) is 1. The van der Waals surface area contributed by atoms with Gasteiger partial charge in [0.2, 0.25) is 0 Å². The van der Waals surface area contributed by atoms with Crippen LogP contribution in [-0.4, -0.2) is 5.78 Å². The third-order valence-electron chi connectivity index (χ3n) is 3.06. The number of hydrogen-bond donors (Lipinski definition) is 0. The minimum Gasteiger partial charge on any atom is -0.289 e.